The molecule has 1 nitrogen and oxygen atoms in total. The third kappa shape index (κ3) is 2.35. The van der Waals surface area contributed by atoms with Gasteiger partial charge in [-0.05, 0) is 43.9 Å². The van der Waals surface area contributed by atoms with Gasteiger partial charge in [0.25, 0.3) is 0 Å². The Labute approximate surface area is 74.1 Å². The number of aliphatic hydroxyl groups is 1. The van der Waals surface area contributed by atoms with E-state index in [0.29, 0.717) is 0 Å². The topological polar surface area (TPSA) is 20.2 Å². The average Bonchev–Trinajstić information content (AvgIpc) is 1.96. The van der Waals surface area contributed by atoms with E-state index in [9.17, 15) is 0 Å². The molecule has 0 bridgehead atoms. The molecule has 0 saturated carbocycles. The fourth-order valence-corrected chi connectivity index (χ4v) is 1.27. The second-order valence-electron chi connectivity index (χ2n) is 3.47. The van der Waals surface area contributed by atoms with E-state index in [4.69, 9.17) is 5.11 Å². The Kier molecular flexibility index (Phi) is 2.88. The number of aryl methyl sites for hydroxylation is 2. The van der Waals surface area contributed by atoms with Crippen molar-refractivity contribution < 1.29 is 5.11 Å². The van der Waals surface area contributed by atoms with E-state index in [-0.39, 0.29) is 6.10 Å². The predicted octanol–water partition coefficient (Wildman–Crippen LogP) is 2.23. The molecule has 0 aliphatic carbocycles. The van der Waals surface area contributed by atoms with Crippen LogP contribution in [0.5, 0.6) is 0 Å². The predicted molar refractivity (Wildman–Crippen MR) is 51.3 cm³/mol. The molecule has 1 rings (SSSR count). The van der Waals surface area contributed by atoms with Crippen LogP contribution in [0.25, 0.3) is 0 Å². The summed E-state index contributed by atoms with van der Waals surface area (Å²) in [4.78, 5) is 0. The number of hydrogen-bond acceptors (Lipinski definition) is 1. The molecule has 0 saturated heterocycles. The maximum Gasteiger partial charge on any atom is 0.0552 e. The van der Waals surface area contributed by atoms with E-state index in [0.717, 1.165) is 6.42 Å². The Bertz CT molecular complexity index is 264. The zero-order valence-corrected chi connectivity index (χ0v) is 7.96. The summed E-state index contributed by atoms with van der Waals surface area (Å²) in [7, 11) is 0. The lowest BCUT2D eigenvalue weighted by atomic mass is 10.0. The van der Waals surface area contributed by atoms with E-state index < -0.39 is 0 Å². The first-order valence-electron chi connectivity index (χ1n) is 4.34. The highest BCUT2D eigenvalue weighted by Crippen LogP contribution is 2.11. The van der Waals surface area contributed by atoms with Gasteiger partial charge in [0.05, 0.1) is 6.10 Å². The van der Waals surface area contributed by atoms with Crippen LogP contribution in [0.3, 0.4) is 0 Å². The Balaban J connectivity index is 2.82. The molecule has 0 aliphatic rings. The Morgan fingerprint density at radius 3 is 2.42 bits per heavy atom. The minimum Gasteiger partial charge on any atom is -0.393 e. The first kappa shape index (κ1) is 9.27. The molecule has 1 aromatic carbocycles. The highest BCUT2D eigenvalue weighted by atomic mass is 16.3. The zero-order chi connectivity index (χ0) is 9.14. The molecule has 66 valence electrons. The van der Waals surface area contributed by atoms with E-state index in [2.05, 4.69) is 32.0 Å². The van der Waals surface area contributed by atoms with Crippen molar-refractivity contribution in [3.8, 4) is 0 Å². The molecular formula is C11H16O. The summed E-state index contributed by atoms with van der Waals surface area (Å²) in [6.45, 7) is 6.01. The number of rotatable bonds is 2. The van der Waals surface area contributed by atoms with Gasteiger partial charge in [0.15, 0.2) is 0 Å². The third-order valence-corrected chi connectivity index (χ3v) is 2.10. The van der Waals surface area contributed by atoms with Crippen LogP contribution in [0.1, 0.15) is 23.6 Å². The summed E-state index contributed by atoms with van der Waals surface area (Å²) in [6.07, 6.45) is 0.508. The Hall–Kier alpha value is -0.820. The van der Waals surface area contributed by atoms with Gasteiger partial charge in [-0.1, -0.05) is 18.2 Å². The molecule has 0 radical (unpaired) electrons. The fourth-order valence-electron chi connectivity index (χ4n) is 1.27. The lowest BCUT2D eigenvalue weighted by Gasteiger charge is -2.06. The van der Waals surface area contributed by atoms with Gasteiger partial charge in [0.2, 0.25) is 0 Å². The smallest absolute Gasteiger partial charge is 0.0552 e. The molecule has 12 heavy (non-hydrogen) atoms. The van der Waals surface area contributed by atoms with Gasteiger partial charge in [0.1, 0.15) is 0 Å². The van der Waals surface area contributed by atoms with Crippen LogP contribution in [-0.2, 0) is 6.42 Å². The van der Waals surface area contributed by atoms with E-state index in [1.807, 2.05) is 6.92 Å². The fraction of sp³-hybridized carbons (Fsp3) is 0.455. The molecule has 0 heterocycles. The average molecular weight is 164 g/mol. The van der Waals surface area contributed by atoms with E-state index in [1.165, 1.54) is 16.7 Å². The summed E-state index contributed by atoms with van der Waals surface area (Å²) >= 11 is 0. The summed E-state index contributed by atoms with van der Waals surface area (Å²) in [6, 6.07) is 6.32. The van der Waals surface area contributed by atoms with Crippen LogP contribution >= 0.6 is 0 Å². The van der Waals surface area contributed by atoms with Crippen molar-refractivity contribution in [1.82, 2.24) is 0 Å². The summed E-state index contributed by atoms with van der Waals surface area (Å²) < 4.78 is 0. The van der Waals surface area contributed by atoms with E-state index in [1.54, 1.807) is 0 Å². The molecule has 1 atom stereocenters. The summed E-state index contributed by atoms with van der Waals surface area (Å²) in [5.41, 5.74) is 3.82. The standard InChI is InChI=1S/C11H16O/c1-8-4-5-11(6-9(8)2)7-10(3)12/h4-6,10,12H,7H2,1-3H3. The van der Waals surface area contributed by atoms with Crippen LogP contribution in [0, 0.1) is 13.8 Å². The molecule has 0 aromatic heterocycles. The highest BCUT2D eigenvalue weighted by molar-refractivity contribution is 5.30. The maximum atomic E-state index is 9.17. The van der Waals surface area contributed by atoms with Gasteiger partial charge in [0, 0.05) is 0 Å². The second-order valence-corrected chi connectivity index (χ2v) is 3.47. The van der Waals surface area contributed by atoms with Crippen LogP contribution in [0.2, 0.25) is 0 Å². The van der Waals surface area contributed by atoms with Crippen molar-refractivity contribution in [3.63, 3.8) is 0 Å². The van der Waals surface area contributed by atoms with Gasteiger partial charge < -0.3 is 5.11 Å². The van der Waals surface area contributed by atoms with Crippen LogP contribution < -0.4 is 0 Å². The first-order valence-corrected chi connectivity index (χ1v) is 4.34. The van der Waals surface area contributed by atoms with Crippen LogP contribution in [0.4, 0.5) is 0 Å². The van der Waals surface area contributed by atoms with Crippen molar-refractivity contribution in [3.05, 3.63) is 34.9 Å². The van der Waals surface area contributed by atoms with Crippen LogP contribution in [-0.4, -0.2) is 11.2 Å². The molecule has 1 N–H and O–H groups in total. The third-order valence-electron chi connectivity index (χ3n) is 2.10. The lowest BCUT2D eigenvalue weighted by Crippen LogP contribution is -2.04. The van der Waals surface area contributed by atoms with E-state index >= 15 is 0 Å². The molecule has 0 amide bonds. The molecule has 1 aromatic rings. The van der Waals surface area contributed by atoms with Crippen molar-refractivity contribution in [2.45, 2.75) is 33.3 Å². The second kappa shape index (κ2) is 3.72. The first-order chi connectivity index (χ1) is 5.59. The molecule has 1 unspecified atom stereocenters. The van der Waals surface area contributed by atoms with Crippen molar-refractivity contribution in [1.29, 1.82) is 0 Å². The molecule has 1 heteroatoms. The minimum absolute atomic E-state index is 0.243. The van der Waals surface area contributed by atoms with Gasteiger partial charge in [-0.2, -0.15) is 0 Å². The monoisotopic (exact) mass is 164 g/mol. The van der Waals surface area contributed by atoms with Gasteiger partial charge in [-0.3, -0.25) is 0 Å². The summed E-state index contributed by atoms with van der Waals surface area (Å²) in [5, 5.41) is 9.17. The Morgan fingerprint density at radius 1 is 1.25 bits per heavy atom. The Morgan fingerprint density at radius 2 is 1.92 bits per heavy atom. The van der Waals surface area contributed by atoms with Crippen molar-refractivity contribution in [2.75, 3.05) is 0 Å². The number of aliphatic hydroxyl groups excluding tert-OH is 1. The van der Waals surface area contributed by atoms with Gasteiger partial charge in [-0.15, -0.1) is 0 Å². The van der Waals surface area contributed by atoms with Gasteiger partial charge >= 0.3 is 0 Å². The molecule has 0 spiro atoms. The summed E-state index contributed by atoms with van der Waals surface area (Å²) in [5.74, 6) is 0. The zero-order valence-electron chi connectivity index (χ0n) is 7.96. The molecule has 0 aliphatic heterocycles. The quantitative estimate of drug-likeness (QED) is 0.710. The SMILES string of the molecule is Cc1ccc(CC(C)O)cc1C. The normalized spacial score (nSPS) is 13.0. The number of benzene rings is 1. The van der Waals surface area contributed by atoms with Crippen molar-refractivity contribution >= 4 is 0 Å². The largest absolute Gasteiger partial charge is 0.393 e. The van der Waals surface area contributed by atoms with Crippen molar-refractivity contribution in [2.24, 2.45) is 0 Å². The molecule has 0 fully saturated rings. The minimum atomic E-state index is -0.243. The number of hydrogen-bond donors (Lipinski definition) is 1. The highest BCUT2D eigenvalue weighted by Gasteiger charge is 1.99. The lowest BCUT2D eigenvalue weighted by molar-refractivity contribution is 0.195. The maximum absolute atomic E-state index is 9.17. The molecular weight excluding hydrogens is 148 g/mol. The van der Waals surface area contributed by atoms with Gasteiger partial charge in [-0.25, -0.2) is 0 Å². The van der Waals surface area contributed by atoms with Crippen LogP contribution in [0.15, 0.2) is 18.2 Å².